The van der Waals surface area contributed by atoms with Crippen molar-refractivity contribution in [3.05, 3.63) is 89.0 Å². The first kappa shape index (κ1) is 38.8. The van der Waals surface area contributed by atoms with Gasteiger partial charge in [-0.1, -0.05) is 23.4 Å². The maximum atomic E-state index is 14.3. The molecule has 8 N–H and O–H groups in total. The number of pyridine rings is 2. The summed E-state index contributed by atoms with van der Waals surface area (Å²) in [4.78, 5) is 42.6. The quantitative estimate of drug-likeness (QED) is 0.0725. The van der Waals surface area contributed by atoms with Crippen molar-refractivity contribution >= 4 is 52.6 Å². The number of aromatic carboxylic acids is 2. The number of nitrogens with zero attached hydrogens (tertiary/aromatic N) is 2. The van der Waals surface area contributed by atoms with Gasteiger partial charge in [0, 0.05) is 36.3 Å². The molecule has 4 aromatic rings. The Bertz CT molecular complexity index is 1850. The molecule has 0 fully saturated rings. The Morgan fingerprint density at radius 1 is 0.882 bits per heavy atom. The number of aliphatic hydroxyl groups excluding tert-OH is 4. The molecule has 0 bridgehead atoms. The number of anilines is 2. The molecule has 15 nitrogen and oxygen atoms in total. The van der Waals surface area contributed by atoms with Gasteiger partial charge < -0.3 is 50.7 Å². The summed E-state index contributed by atoms with van der Waals surface area (Å²) in [6.45, 7) is -0.958. The number of hydrogen-bond acceptors (Lipinski definition) is 13. The van der Waals surface area contributed by atoms with Crippen molar-refractivity contribution in [1.29, 1.82) is 0 Å². The lowest BCUT2D eigenvalue weighted by Crippen LogP contribution is -2.48. The summed E-state index contributed by atoms with van der Waals surface area (Å²) in [7, 11) is 1.33. The fourth-order valence-electron chi connectivity index (χ4n) is 4.43. The second-order valence-corrected chi connectivity index (χ2v) is 12.2. The van der Waals surface area contributed by atoms with Gasteiger partial charge in [0.05, 0.1) is 51.5 Å². The van der Waals surface area contributed by atoms with Crippen LogP contribution in [-0.4, -0.2) is 109 Å². The van der Waals surface area contributed by atoms with Crippen LogP contribution in [-0.2, 0) is 4.79 Å². The van der Waals surface area contributed by atoms with Gasteiger partial charge in [0.1, 0.15) is 42.2 Å². The number of carboxylic acids is 2. The monoisotopic (exact) mass is 746 g/mol. The molecule has 2 aromatic carbocycles. The second-order valence-electron chi connectivity index (χ2n) is 10.8. The minimum absolute atomic E-state index is 0.000522. The van der Waals surface area contributed by atoms with Crippen molar-refractivity contribution in [3.63, 3.8) is 0 Å². The van der Waals surface area contributed by atoms with Crippen molar-refractivity contribution in [1.82, 2.24) is 9.97 Å². The molecule has 18 heteroatoms. The zero-order valence-corrected chi connectivity index (χ0v) is 28.1. The van der Waals surface area contributed by atoms with Crippen LogP contribution < -0.4 is 20.1 Å². The lowest BCUT2D eigenvalue weighted by Gasteiger charge is -2.27. The van der Waals surface area contributed by atoms with E-state index in [1.54, 1.807) is 0 Å². The summed E-state index contributed by atoms with van der Waals surface area (Å²) in [6, 6.07) is 12.0. The van der Waals surface area contributed by atoms with Crippen molar-refractivity contribution in [2.45, 2.75) is 29.4 Å². The lowest BCUT2D eigenvalue weighted by molar-refractivity contribution is -0.113. The van der Waals surface area contributed by atoms with Gasteiger partial charge in [-0.15, -0.1) is 0 Å². The maximum Gasteiger partial charge on any atom is 0.337 e. The summed E-state index contributed by atoms with van der Waals surface area (Å²) in [5.74, 6) is -3.33. The van der Waals surface area contributed by atoms with Crippen LogP contribution in [0.5, 0.6) is 11.5 Å². The molecular weight excluding hydrogens is 715 g/mol. The van der Waals surface area contributed by atoms with E-state index in [0.29, 0.717) is 10.6 Å². The highest BCUT2D eigenvalue weighted by molar-refractivity contribution is 7.99. The number of halogens is 2. The molecule has 0 radical (unpaired) electrons. The predicted molar refractivity (Wildman–Crippen MR) is 183 cm³/mol. The van der Waals surface area contributed by atoms with Gasteiger partial charge in [0.2, 0.25) is 5.91 Å². The Labute approximate surface area is 298 Å². The molecule has 0 spiro atoms. The number of benzene rings is 2. The number of hydrogen-bond donors (Lipinski definition) is 8. The Morgan fingerprint density at radius 3 is 2.16 bits per heavy atom. The van der Waals surface area contributed by atoms with Crippen LogP contribution >= 0.6 is 23.4 Å². The summed E-state index contributed by atoms with van der Waals surface area (Å²) < 4.78 is 25.2. The number of aromatic nitrogens is 2. The predicted octanol–water partition coefficient (Wildman–Crippen LogP) is 3.01. The van der Waals surface area contributed by atoms with Crippen LogP contribution in [0.4, 0.5) is 15.8 Å². The van der Waals surface area contributed by atoms with E-state index in [2.05, 4.69) is 20.6 Å². The van der Waals surface area contributed by atoms with Crippen molar-refractivity contribution in [3.8, 4) is 22.8 Å². The SMILES string of the molecule is COc1cc(OC[C@@H](O)[C@@H](O)[C@H](O)[C@H](O)CNc2cc(F)cc(-c3ccc(C(=O)O)cn3)c2)c(Cl)cc1NC(=O)CSc1ccc(C(=O)O)cn1. The Hall–Kier alpha value is -5.04. The minimum Gasteiger partial charge on any atom is -0.494 e. The number of methoxy groups -OCH3 is 1. The molecule has 0 unspecified atom stereocenters. The summed E-state index contributed by atoms with van der Waals surface area (Å²) in [6.07, 6.45) is -4.82. The summed E-state index contributed by atoms with van der Waals surface area (Å²) in [5, 5.41) is 65.8. The van der Waals surface area contributed by atoms with Crippen LogP contribution in [0.25, 0.3) is 11.3 Å². The first-order valence-electron chi connectivity index (χ1n) is 14.8. The number of carbonyl (C=O) groups excluding carboxylic acids is 1. The third kappa shape index (κ3) is 10.7. The Morgan fingerprint density at radius 2 is 1.55 bits per heavy atom. The third-order valence-corrected chi connectivity index (χ3v) is 8.37. The topological polar surface area (TPSA) is 241 Å². The van der Waals surface area contributed by atoms with Gasteiger partial charge in [-0.25, -0.2) is 19.0 Å². The summed E-state index contributed by atoms with van der Waals surface area (Å²) >= 11 is 7.39. The second kappa shape index (κ2) is 17.8. The average Bonchev–Trinajstić information content (AvgIpc) is 3.11. The smallest absolute Gasteiger partial charge is 0.337 e. The number of ether oxygens (including phenoxy) is 2. The van der Waals surface area contributed by atoms with Gasteiger partial charge in [-0.3, -0.25) is 9.78 Å². The molecule has 51 heavy (non-hydrogen) atoms. The van der Waals surface area contributed by atoms with Crippen molar-refractivity contribution < 1.29 is 58.9 Å². The highest BCUT2D eigenvalue weighted by Gasteiger charge is 2.31. The normalized spacial score (nSPS) is 13.4. The van der Waals surface area contributed by atoms with E-state index < -0.39 is 54.7 Å². The number of rotatable bonds is 17. The van der Waals surface area contributed by atoms with E-state index in [0.717, 1.165) is 24.0 Å². The van der Waals surface area contributed by atoms with Crippen LogP contribution in [0.3, 0.4) is 0 Å². The lowest BCUT2D eigenvalue weighted by atomic mass is 10.0. The van der Waals surface area contributed by atoms with E-state index in [4.69, 9.17) is 31.3 Å². The molecule has 4 rings (SSSR count). The molecule has 270 valence electrons. The van der Waals surface area contributed by atoms with Crippen molar-refractivity contribution in [2.75, 3.05) is 36.6 Å². The number of carbonyl (C=O) groups is 3. The number of amides is 1. The molecule has 0 saturated carbocycles. The molecule has 0 aliphatic heterocycles. The molecule has 0 saturated heterocycles. The van der Waals surface area contributed by atoms with Gasteiger partial charge in [0.15, 0.2) is 0 Å². The molecule has 2 heterocycles. The molecule has 4 atom stereocenters. The van der Waals surface area contributed by atoms with E-state index in [9.17, 15) is 39.2 Å². The number of carboxylic acid groups (broad SMARTS) is 2. The fraction of sp³-hybridized carbons (Fsp3) is 0.242. The standard InChI is InChI=1S/C33H32ClFN4O11S/c1-49-27-10-26(21(34)9-23(27)39-28(42)15-51-29-5-3-17(12-38-29)33(47)48)50-14-25(41)31(44)30(43)24(40)13-36-20-7-18(6-19(35)8-20)22-4-2-16(11-37-22)32(45)46/h2-12,24-25,30-31,36,40-41,43-44H,13-15H2,1H3,(H,39,42)(H,45,46)(H,47,48)/t24-,25-,30-,31-/m1/s1. The first-order valence-corrected chi connectivity index (χ1v) is 16.2. The molecule has 0 aliphatic rings. The van der Waals surface area contributed by atoms with Crippen LogP contribution in [0.15, 0.2) is 72.0 Å². The van der Waals surface area contributed by atoms with Crippen LogP contribution in [0.1, 0.15) is 20.7 Å². The highest BCUT2D eigenvalue weighted by atomic mass is 35.5. The number of nitrogens with one attached hydrogen (secondary N) is 2. The van der Waals surface area contributed by atoms with E-state index >= 15 is 0 Å². The zero-order chi connectivity index (χ0) is 37.2. The zero-order valence-electron chi connectivity index (χ0n) is 26.6. The Kier molecular flexibility index (Phi) is 13.5. The van der Waals surface area contributed by atoms with Crippen LogP contribution in [0, 0.1) is 5.82 Å². The highest BCUT2D eigenvalue weighted by Crippen LogP contribution is 2.36. The van der Waals surface area contributed by atoms with Gasteiger partial charge in [0.25, 0.3) is 0 Å². The van der Waals surface area contributed by atoms with Crippen molar-refractivity contribution in [2.24, 2.45) is 0 Å². The minimum atomic E-state index is -1.90. The maximum absolute atomic E-state index is 14.3. The Balaban J connectivity index is 1.29. The average molecular weight is 747 g/mol. The van der Waals surface area contributed by atoms with Gasteiger partial charge in [-0.2, -0.15) is 0 Å². The molecule has 0 aliphatic carbocycles. The largest absolute Gasteiger partial charge is 0.494 e. The number of thioether (sulfide) groups is 1. The molecule has 1 amide bonds. The van der Waals surface area contributed by atoms with Crippen LogP contribution in [0.2, 0.25) is 5.02 Å². The van der Waals surface area contributed by atoms with E-state index in [1.807, 2.05) is 0 Å². The molecular formula is C33H32ClFN4O11S. The fourth-order valence-corrected chi connectivity index (χ4v) is 5.29. The van der Waals surface area contributed by atoms with Gasteiger partial charge in [-0.05, 0) is 48.5 Å². The number of aliphatic hydroxyl groups is 4. The summed E-state index contributed by atoms with van der Waals surface area (Å²) in [5.41, 5.74) is 0.935. The van der Waals surface area contributed by atoms with E-state index in [-0.39, 0.29) is 57.0 Å². The third-order valence-electron chi connectivity index (χ3n) is 7.13. The van der Waals surface area contributed by atoms with E-state index in [1.165, 1.54) is 61.8 Å². The van der Waals surface area contributed by atoms with Gasteiger partial charge >= 0.3 is 11.9 Å². The first-order chi connectivity index (χ1) is 24.2. The molecule has 2 aromatic heterocycles.